The highest BCUT2D eigenvalue weighted by Gasteiger charge is 2.45. The smallest absolute Gasteiger partial charge is 0.336 e. The molecule has 5 unspecified atom stereocenters. The second kappa shape index (κ2) is 6.38. The number of aliphatic hydroxyl groups is 4. The van der Waals surface area contributed by atoms with Crippen LogP contribution in [0, 0.1) is 0 Å². The summed E-state index contributed by atoms with van der Waals surface area (Å²) in [6, 6.07) is 6.22. The fraction of sp³-hybridized carbons (Fsp3) is 0.353. The first-order valence-corrected chi connectivity index (χ1v) is 7.91. The summed E-state index contributed by atoms with van der Waals surface area (Å²) in [5, 5.41) is 40.4. The molecular formula is C17H16O9. The summed E-state index contributed by atoms with van der Waals surface area (Å²) in [6.07, 6.45) is -5.86. The lowest BCUT2D eigenvalue weighted by Crippen LogP contribution is -2.60. The molecule has 1 aromatic carbocycles. The van der Waals surface area contributed by atoms with Crippen LogP contribution in [0.1, 0.15) is 0 Å². The molecule has 9 heteroatoms. The van der Waals surface area contributed by atoms with Crippen LogP contribution in [0.2, 0.25) is 0 Å². The van der Waals surface area contributed by atoms with Crippen molar-refractivity contribution < 1.29 is 38.7 Å². The predicted molar refractivity (Wildman–Crippen MR) is 86.7 cm³/mol. The third-order valence-electron chi connectivity index (χ3n) is 4.37. The average molecular weight is 364 g/mol. The van der Waals surface area contributed by atoms with Crippen LogP contribution in [0.5, 0.6) is 5.75 Å². The number of benzene rings is 1. The van der Waals surface area contributed by atoms with Gasteiger partial charge in [0.05, 0.1) is 12.9 Å². The highest BCUT2D eigenvalue weighted by molar-refractivity contribution is 5.99. The molecule has 0 amide bonds. The van der Waals surface area contributed by atoms with Crippen LogP contribution >= 0.6 is 0 Å². The van der Waals surface area contributed by atoms with Crippen molar-refractivity contribution in [2.45, 2.75) is 30.7 Å². The summed E-state index contributed by atoms with van der Waals surface area (Å²) in [5.74, 6) is 0.00419. The van der Waals surface area contributed by atoms with Crippen molar-refractivity contribution in [3.05, 3.63) is 40.9 Å². The molecule has 9 nitrogen and oxygen atoms in total. The molecule has 5 atom stereocenters. The van der Waals surface area contributed by atoms with Gasteiger partial charge < -0.3 is 38.7 Å². The molecule has 0 aliphatic carbocycles. The Balaban J connectivity index is 1.81. The first kappa shape index (κ1) is 17.0. The van der Waals surface area contributed by atoms with E-state index in [-0.39, 0.29) is 16.9 Å². The van der Waals surface area contributed by atoms with Gasteiger partial charge in [0.2, 0.25) is 12.0 Å². The minimum Gasteiger partial charge on any atom is -0.460 e. The van der Waals surface area contributed by atoms with Crippen molar-refractivity contribution in [1.29, 1.82) is 0 Å². The Bertz CT molecular complexity index is 989. The minimum atomic E-state index is -1.61. The highest BCUT2D eigenvalue weighted by atomic mass is 16.7. The Hall–Kier alpha value is -2.43. The van der Waals surface area contributed by atoms with Gasteiger partial charge in [0.15, 0.2) is 11.2 Å². The zero-order valence-electron chi connectivity index (χ0n) is 13.3. The molecular weight excluding hydrogens is 348 g/mol. The zero-order valence-corrected chi connectivity index (χ0v) is 13.3. The molecule has 0 spiro atoms. The topological polar surface area (TPSA) is 143 Å². The zero-order chi connectivity index (χ0) is 18.4. The molecule has 1 aliphatic rings. The monoisotopic (exact) mass is 364 g/mol. The van der Waals surface area contributed by atoms with Gasteiger partial charge >= 0.3 is 5.63 Å². The van der Waals surface area contributed by atoms with Gasteiger partial charge in [0.25, 0.3) is 0 Å². The molecule has 3 aromatic rings. The van der Waals surface area contributed by atoms with Crippen LogP contribution < -0.4 is 10.4 Å². The molecule has 1 fully saturated rings. The molecule has 3 heterocycles. The van der Waals surface area contributed by atoms with Crippen molar-refractivity contribution in [2.24, 2.45) is 0 Å². The number of ether oxygens (including phenoxy) is 2. The number of furan rings is 1. The molecule has 1 aliphatic heterocycles. The van der Waals surface area contributed by atoms with Crippen molar-refractivity contribution in [1.82, 2.24) is 0 Å². The average Bonchev–Trinajstić information content (AvgIpc) is 3.10. The fourth-order valence-electron chi connectivity index (χ4n) is 2.99. The maximum Gasteiger partial charge on any atom is 0.336 e. The summed E-state index contributed by atoms with van der Waals surface area (Å²) in [7, 11) is 0. The molecule has 0 radical (unpaired) electrons. The third-order valence-corrected chi connectivity index (χ3v) is 4.37. The van der Waals surface area contributed by atoms with Gasteiger partial charge in [-0.3, -0.25) is 0 Å². The largest absolute Gasteiger partial charge is 0.460 e. The van der Waals surface area contributed by atoms with E-state index in [2.05, 4.69) is 0 Å². The fourth-order valence-corrected chi connectivity index (χ4v) is 2.99. The second-order valence-electron chi connectivity index (χ2n) is 6.03. The molecule has 138 valence electrons. The summed E-state index contributed by atoms with van der Waals surface area (Å²) in [4.78, 5) is 11.6. The van der Waals surface area contributed by atoms with E-state index in [1.807, 2.05) is 0 Å². The maximum atomic E-state index is 11.6. The Morgan fingerprint density at radius 1 is 1.00 bits per heavy atom. The van der Waals surface area contributed by atoms with E-state index in [1.54, 1.807) is 18.2 Å². The van der Waals surface area contributed by atoms with Crippen molar-refractivity contribution in [3.63, 3.8) is 0 Å². The molecule has 2 aromatic heterocycles. The number of hydrogen-bond acceptors (Lipinski definition) is 9. The van der Waals surface area contributed by atoms with Crippen LogP contribution in [-0.4, -0.2) is 57.7 Å². The van der Waals surface area contributed by atoms with Gasteiger partial charge in [-0.15, -0.1) is 0 Å². The van der Waals surface area contributed by atoms with Gasteiger partial charge in [-0.2, -0.15) is 0 Å². The van der Waals surface area contributed by atoms with Crippen LogP contribution in [0.25, 0.3) is 21.9 Å². The van der Waals surface area contributed by atoms with E-state index in [0.717, 1.165) is 0 Å². The van der Waals surface area contributed by atoms with E-state index >= 15 is 0 Å². The highest BCUT2D eigenvalue weighted by Crippen LogP contribution is 2.37. The standard InChI is InChI=1S/C17H16O9/c18-6-9-11(20)12(21)13(22)17(24-9)26-16-14-8(3-4-23-14)5-7-1-2-10(19)25-15(7)16/h1-5,9,11-13,17-18,20-22H,6H2. The quantitative estimate of drug-likeness (QED) is 0.461. The molecule has 0 saturated carbocycles. The summed E-state index contributed by atoms with van der Waals surface area (Å²) >= 11 is 0. The maximum absolute atomic E-state index is 11.6. The first-order valence-electron chi connectivity index (χ1n) is 7.91. The van der Waals surface area contributed by atoms with E-state index in [4.69, 9.17) is 18.3 Å². The van der Waals surface area contributed by atoms with E-state index in [9.17, 15) is 25.2 Å². The Morgan fingerprint density at radius 2 is 1.77 bits per heavy atom. The van der Waals surface area contributed by atoms with Crippen molar-refractivity contribution >= 4 is 21.9 Å². The van der Waals surface area contributed by atoms with Gasteiger partial charge in [-0.05, 0) is 18.2 Å². The van der Waals surface area contributed by atoms with E-state index in [0.29, 0.717) is 10.8 Å². The van der Waals surface area contributed by atoms with Crippen LogP contribution in [0.4, 0.5) is 0 Å². The summed E-state index contributed by atoms with van der Waals surface area (Å²) in [6.45, 7) is -0.592. The number of aliphatic hydroxyl groups excluding tert-OH is 4. The van der Waals surface area contributed by atoms with Gasteiger partial charge in [0, 0.05) is 16.8 Å². The van der Waals surface area contributed by atoms with Gasteiger partial charge in [-0.1, -0.05) is 0 Å². The molecule has 4 N–H and O–H groups in total. The first-order chi connectivity index (χ1) is 12.5. The number of hydrogen-bond donors (Lipinski definition) is 4. The van der Waals surface area contributed by atoms with Gasteiger partial charge in [0.1, 0.15) is 24.4 Å². The van der Waals surface area contributed by atoms with Crippen LogP contribution in [0.15, 0.2) is 44.2 Å². The van der Waals surface area contributed by atoms with Crippen LogP contribution in [0.3, 0.4) is 0 Å². The van der Waals surface area contributed by atoms with Gasteiger partial charge in [-0.25, -0.2) is 4.79 Å². The van der Waals surface area contributed by atoms with E-state index in [1.165, 1.54) is 12.3 Å². The minimum absolute atomic E-state index is 0.00419. The second-order valence-corrected chi connectivity index (χ2v) is 6.03. The lowest BCUT2D eigenvalue weighted by molar-refractivity contribution is -0.277. The summed E-state index contributed by atoms with van der Waals surface area (Å²) in [5.41, 5.74) is -0.275. The molecule has 1 saturated heterocycles. The SMILES string of the molecule is O=c1ccc2cc3ccoc3c(OC3OC(CO)C(O)C(O)C3O)c2o1. The third kappa shape index (κ3) is 2.66. The van der Waals surface area contributed by atoms with Crippen molar-refractivity contribution in [2.75, 3.05) is 6.61 Å². The van der Waals surface area contributed by atoms with E-state index < -0.39 is 42.9 Å². The molecule has 0 bridgehead atoms. The summed E-state index contributed by atoms with van der Waals surface area (Å²) < 4.78 is 21.6. The van der Waals surface area contributed by atoms with Crippen LogP contribution in [-0.2, 0) is 4.74 Å². The Labute approximate surface area is 145 Å². The number of rotatable bonds is 3. The normalized spacial score (nSPS) is 29.3. The lowest BCUT2D eigenvalue weighted by atomic mass is 9.99. The molecule has 4 rings (SSSR count). The molecule has 26 heavy (non-hydrogen) atoms. The lowest BCUT2D eigenvalue weighted by Gasteiger charge is -2.39. The number of fused-ring (bicyclic) bond motifs is 2. The Morgan fingerprint density at radius 3 is 2.54 bits per heavy atom. The van der Waals surface area contributed by atoms with Crippen molar-refractivity contribution in [3.8, 4) is 5.75 Å². The predicted octanol–water partition coefficient (Wildman–Crippen LogP) is -0.282. The Kier molecular flexibility index (Phi) is 4.17.